The Kier molecular flexibility index (Phi) is 4.44. The van der Waals surface area contributed by atoms with Gasteiger partial charge in [-0.05, 0) is 37.3 Å². The van der Waals surface area contributed by atoms with Gasteiger partial charge in [-0.3, -0.25) is 0 Å². The largest absolute Gasteiger partial charge is 0.457 e. The predicted octanol–water partition coefficient (Wildman–Crippen LogP) is 2.94. The topological polar surface area (TPSA) is 102 Å². The monoisotopic (exact) mass is 336 g/mol. The Morgan fingerprint density at radius 2 is 2.20 bits per heavy atom. The number of benzene rings is 1. The van der Waals surface area contributed by atoms with Gasteiger partial charge in [0.1, 0.15) is 17.6 Å². The number of furan rings is 1. The summed E-state index contributed by atoms with van der Waals surface area (Å²) in [5.74, 6) is -0.144. The maximum Gasteiger partial charge on any atom is 0.367 e. The molecule has 0 N–H and O–H groups in total. The zero-order valence-electron chi connectivity index (χ0n) is 13.2. The van der Waals surface area contributed by atoms with Gasteiger partial charge in [0.15, 0.2) is 6.61 Å². The zero-order chi connectivity index (χ0) is 17.8. The fourth-order valence-corrected chi connectivity index (χ4v) is 2.23. The number of hydrogen-bond acceptors (Lipinski definition) is 7. The number of nitrogens with zero attached hydrogens (tertiary/aromatic N) is 2. The first-order chi connectivity index (χ1) is 12.1. The summed E-state index contributed by atoms with van der Waals surface area (Å²) in [5, 5.41) is 12.1. The van der Waals surface area contributed by atoms with Crippen LogP contribution in [0.2, 0.25) is 0 Å². The first-order valence-electron chi connectivity index (χ1n) is 7.31. The summed E-state index contributed by atoms with van der Waals surface area (Å²) in [6.07, 6.45) is 1.54. The van der Waals surface area contributed by atoms with Gasteiger partial charge in [0, 0.05) is 5.56 Å². The van der Waals surface area contributed by atoms with E-state index in [1.165, 1.54) is 0 Å². The number of oxime groups is 1. The fourth-order valence-electron chi connectivity index (χ4n) is 2.23. The van der Waals surface area contributed by atoms with Gasteiger partial charge >= 0.3 is 11.9 Å². The molecule has 124 valence electrons. The van der Waals surface area contributed by atoms with E-state index in [0.717, 1.165) is 0 Å². The lowest BCUT2D eigenvalue weighted by Crippen LogP contribution is -2.05. The molecule has 0 atom stereocenters. The zero-order valence-corrected chi connectivity index (χ0v) is 13.2. The van der Waals surface area contributed by atoms with Gasteiger partial charge in [0.05, 0.1) is 16.8 Å². The summed E-state index contributed by atoms with van der Waals surface area (Å²) in [6, 6.07) is 11.8. The second-order valence-corrected chi connectivity index (χ2v) is 5.13. The Morgan fingerprint density at radius 3 is 2.92 bits per heavy atom. The van der Waals surface area contributed by atoms with Crippen molar-refractivity contribution < 1.29 is 23.6 Å². The van der Waals surface area contributed by atoms with Crippen molar-refractivity contribution in [1.82, 2.24) is 0 Å². The molecule has 0 amide bonds. The third-order valence-corrected chi connectivity index (χ3v) is 3.44. The van der Waals surface area contributed by atoms with E-state index in [2.05, 4.69) is 9.99 Å². The average Bonchev–Trinajstić information content (AvgIpc) is 3.22. The second-order valence-electron chi connectivity index (χ2n) is 5.13. The molecular formula is C18H12N2O5. The maximum absolute atomic E-state index is 11.8. The van der Waals surface area contributed by atoms with Crippen LogP contribution in [0.4, 0.5) is 0 Å². The van der Waals surface area contributed by atoms with Crippen molar-refractivity contribution in [3.05, 3.63) is 53.3 Å². The molecule has 0 aliphatic carbocycles. The molecule has 2 aromatic rings. The van der Waals surface area contributed by atoms with Crippen molar-refractivity contribution in [2.24, 2.45) is 5.16 Å². The molecule has 0 bridgehead atoms. The van der Waals surface area contributed by atoms with E-state index in [0.29, 0.717) is 33.9 Å². The highest BCUT2D eigenvalue weighted by Gasteiger charge is 2.22. The normalized spacial score (nSPS) is 14.8. The van der Waals surface area contributed by atoms with Crippen molar-refractivity contribution in [3.63, 3.8) is 0 Å². The standard InChI is InChI=1S/C18H12N2O5/c1-11-15(18(22)25-20-11)10-14-5-6-16(24-14)12-3-2-4-13(9-12)17(21)23-8-7-19/h2-6,9-10H,8H2,1H3. The summed E-state index contributed by atoms with van der Waals surface area (Å²) in [7, 11) is 0. The Labute approximate surface area is 142 Å². The molecule has 1 aliphatic heterocycles. The number of nitriles is 1. The molecule has 25 heavy (non-hydrogen) atoms. The highest BCUT2D eigenvalue weighted by Crippen LogP contribution is 2.25. The number of hydrogen-bond donors (Lipinski definition) is 0. The van der Waals surface area contributed by atoms with Gasteiger partial charge in [-0.15, -0.1) is 0 Å². The van der Waals surface area contributed by atoms with Crippen LogP contribution in [0, 0.1) is 11.3 Å². The Hall–Kier alpha value is -3.66. The van der Waals surface area contributed by atoms with E-state index >= 15 is 0 Å². The van der Waals surface area contributed by atoms with Gasteiger partial charge in [-0.1, -0.05) is 17.3 Å². The summed E-state index contributed by atoms with van der Waals surface area (Å²) >= 11 is 0. The quantitative estimate of drug-likeness (QED) is 0.483. The Balaban J connectivity index is 1.85. The van der Waals surface area contributed by atoms with Gasteiger partial charge in [0.2, 0.25) is 0 Å². The van der Waals surface area contributed by atoms with Crippen molar-refractivity contribution >= 4 is 23.7 Å². The molecule has 0 fully saturated rings. The van der Waals surface area contributed by atoms with E-state index in [-0.39, 0.29) is 6.61 Å². The van der Waals surface area contributed by atoms with Crippen molar-refractivity contribution in [1.29, 1.82) is 5.26 Å². The predicted molar refractivity (Wildman–Crippen MR) is 87.2 cm³/mol. The van der Waals surface area contributed by atoms with Gasteiger partial charge in [0.25, 0.3) is 0 Å². The summed E-state index contributed by atoms with van der Waals surface area (Å²) < 4.78 is 10.5. The van der Waals surface area contributed by atoms with Gasteiger partial charge in [-0.2, -0.15) is 5.26 Å². The highest BCUT2D eigenvalue weighted by molar-refractivity contribution is 6.24. The molecule has 2 heterocycles. The summed E-state index contributed by atoms with van der Waals surface area (Å²) in [5.41, 5.74) is 1.78. The van der Waals surface area contributed by atoms with Crippen molar-refractivity contribution in [2.45, 2.75) is 6.92 Å². The molecule has 3 rings (SSSR count). The molecule has 0 saturated carbocycles. The van der Waals surface area contributed by atoms with Crippen molar-refractivity contribution in [3.8, 4) is 17.4 Å². The first kappa shape index (κ1) is 16.2. The molecule has 7 nitrogen and oxygen atoms in total. The molecular weight excluding hydrogens is 324 g/mol. The molecule has 0 unspecified atom stereocenters. The molecule has 0 radical (unpaired) electrons. The lowest BCUT2D eigenvalue weighted by molar-refractivity contribution is -0.136. The van der Waals surface area contributed by atoms with E-state index in [1.807, 2.05) is 0 Å². The molecule has 1 aromatic heterocycles. The van der Waals surface area contributed by atoms with E-state index in [1.54, 1.807) is 55.5 Å². The van der Waals surface area contributed by atoms with Crippen LogP contribution in [0.5, 0.6) is 0 Å². The van der Waals surface area contributed by atoms with Crippen molar-refractivity contribution in [2.75, 3.05) is 6.61 Å². The highest BCUT2D eigenvalue weighted by atomic mass is 16.7. The molecule has 1 aromatic carbocycles. The van der Waals surface area contributed by atoms with Crippen LogP contribution in [0.15, 0.2) is 51.5 Å². The molecule has 1 aliphatic rings. The molecule has 7 heteroatoms. The SMILES string of the molecule is CC1=NOC(=O)C1=Cc1ccc(-c2cccc(C(=O)OCC#N)c2)o1. The third-order valence-electron chi connectivity index (χ3n) is 3.44. The lowest BCUT2D eigenvalue weighted by Gasteiger charge is -2.02. The summed E-state index contributed by atoms with van der Waals surface area (Å²) in [4.78, 5) is 27.9. The van der Waals surface area contributed by atoms with Gasteiger partial charge < -0.3 is 14.0 Å². The Morgan fingerprint density at radius 1 is 1.36 bits per heavy atom. The third kappa shape index (κ3) is 3.48. The minimum absolute atomic E-state index is 0.307. The minimum atomic E-state index is -0.585. The van der Waals surface area contributed by atoms with Crippen LogP contribution < -0.4 is 0 Å². The first-order valence-corrected chi connectivity index (χ1v) is 7.31. The number of carbonyl (C=O) groups excluding carboxylic acids is 2. The van der Waals surface area contributed by atoms with E-state index in [9.17, 15) is 9.59 Å². The van der Waals surface area contributed by atoms with E-state index in [4.69, 9.17) is 14.4 Å². The number of carbonyl (C=O) groups is 2. The maximum atomic E-state index is 11.8. The number of rotatable bonds is 4. The van der Waals surface area contributed by atoms with Gasteiger partial charge in [-0.25, -0.2) is 9.59 Å². The molecule has 0 spiro atoms. The number of esters is 1. The smallest absolute Gasteiger partial charge is 0.367 e. The van der Waals surface area contributed by atoms with Crippen LogP contribution in [-0.4, -0.2) is 24.3 Å². The lowest BCUT2D eigenvalue weighted by atomic mass is 10.1. The fraction of sp³-hybridized carbons (Fsp3) is 0.111. The number of ether oxygens (including phenoxy) is 1. The van der Waals surface area contributed by atoms with E-state index < -0.39 is 11.9 Å². The van der Waals surface area contributed by atoms with Crippen LogP contribution in [-0.2, 0) is 14.4 Å². The minimum Gasteiger partial charge on any atom is -0.457 e. The average molecular weight is 336 g/mol. The second kappa shape index (κ2) is 6.84. The van der Waals surface area contributed by atoms with Crippen LogP contribution in [0.3, 0.4) is 0 Å². The summed E-state index contributed by atoms with van der Waals surface area (Å²) in [6.45, 7) is 1.36. The van der Waals surface area contributed by atoms with Crippen LogP contribution in [0.25, 0.3) is 17.4 Å². The van der Waals surface area contributed by atoms with Crippen LogP contribution in [0.1, 0.15) is 23.0 Å². The van der Waals surface area contributed by atoms with Crippen LogP contribution >= 0.6 is 0 Å². The Bertz CT molecular complexity index is 946. The molecule has 0 saturated heterocycles.